The normalized spacial score (nSPS) is 16.6. The standard InChI is InChI=1S/C16H21N3O2/c1-10(18(3)13-5-6-13)9-19-11(2)17-14-8-12(16(20)21)4-7-15(14)19/h4,7-8,10,13H,5-6,9H2,1-3H3,(H,20,21). The highest BCUT2D eigenvalue weighted by atomic mass is 16.4. The summed E-state index contributed by atoms with van der Waals surface area (Å²) in [6.45, 7) is 5.08. The summed E-state index contributed by atoms with van der Waals surface area (Å²) in [6.07, 6.45) is 2.60. The van der Waals surface area contributed by atoms with Crippen LogP contribution in [-0.2, 0) is 6.54 Å². The number of imidazole rings is 1. The van der Waals surface area contributed by atoms with Crippen molar-refractivity contribution in [3.63, 3.8) is 0 Å². The van der Waals surface area contributed by atoms with Crippen LogP contribution in [0.15, 0.2) is 18.2 Å². The molecule has 112 valence electrons. The SMILES string of the molecule is Cc1nc2cc(C(=O)O)ccc2n1CC(C)N(C)C1CC1. The zero-order valence-corrected chi connectivity index (χ0v) is 12.7. The average Bonchev–Trinajstić information content (AvgIpc) is 3.24. The van der Waals surface area contributed by atoms with Gasteiger partial charge >= 0.3 is 5.97 Å². The van der Waals surface area contributed by atoms with E-state index in [1.54, 1.807) is 12.1 Å². The van der Waals surface area contributed by atoms with E-state index in [4.69, 9.17) is 5.11 Å². The third-order valence-corrected chi connectivity index (χ3v) is 4.45. The van der Waals surface area contributed by atoms with Crippen LogP contribution in [-0.4, -0.2) is 44.7 Å². The molecule has 1 N–H and O–H groups in total. The number of carboxylic acid groups (broad SMARTS) is 1. The molecule has 0 saturated heterocycles. The number of nitrogens with zero attached hydrogens (tertiary/aromatic N) is 3. The largest absolute Gasteiger partial charge is 0.478 e. The predicted octanol–water partition coefficient (Wildman–Crippen LogP) is 2.53. The molecular formula is C16H21N3O2. The third kappa shape index (κ3) is 2.65. The van der Waals surface area contributed by atoms with Crippen molar-refractivity contribution < 1.29 is 9.90 Å². The number of aryl methyl sites for hydroxylation is 1. The summed E-state index contributed by atoms with van der Waals surface area (Å²) in [5.74, 6) is 0.0227. The first-order valence-electron chi connectivity index (χ1n) is 7.39. The molecule has 0 spiro atoms. The van der Waals surface area contributed by atoms with E-state index in [1.165, 1.54) is 12.8 Å². The Morgan fingerprint density at radius 1 is 1.52 bits per heavy atom. The molecule has 0 amide bonds. The molecule has 1 fully saturated rings. The number of likely N-dealkylation sites (N-methyl/N-ethyl adjacent to an activating group) is 1. The number of aromatic nitrogens is 2. The topological polar surface area (TPSA) is 58.4 Å². The first-order valence-corrected chi connectivity index (χ1v) is 7.39. The van der Waals surface area contributed by atoms with Crippen LogP contribution in [0.25, 0.3) is 11.0 Å². The first-order chi connectivity index (χ1) is 9.97. The highest BCUT2D eigenvalue weighted by Crippen LogP contribution is 2.28. The van der Waals surface area contributed by atoms with Gasteiger partial charge in [-0.05, 0) is 51.9 Å². The number of carbonyl (C=O) groups is 1. The van der Waals surface area contributed by atoms with Gasteiger partial charge in [-0.2, -0.15) is 0 Å². The lowest BCUT2D eigenvalue weighted by Gasteiger charge is -2.25. The first kappa shape index (κ1) is 14.1. The fourth-order valence-electron chi connectivity index (χ4n) is 2.85. The molecule has 1 aromatic carbocycles. The average molecular weight is 287 g/mol. The van der Waals surface area contributed by atoms with Crippen LogP contribution >= 0.6 is 0 Å². The minimum Gasteiger partial charge on any atom is -0.478 e. The quantitative estimate of drug-likeness (QED) is 0.918. The van der Waals surface area contributed by atoms with E-state index in [1.807, 2.05) is 13.0 Å². The molecule has 1 heterocycles. The second-order valence-electron chi connectivity index (χ2n) is 6.02. The lowest BCUT2D eigenvalue weighted by Crippen LogP contribution is -2.34. The predicted molar refractivity (Wildman–Crippen MR) is 81.7 cm³/mol. The van der Waals surface area contributed by atoms with Gasteiger partial charge in [0.15, 0.2) is 0 Å². The maximum Gasteiger partial charge on any atom is 0.335 e. The molecule has 1 aromatic heterocycles. The molecule has 2 aromatic rings. The molecule has 5 nitrogen and oxygen atoms in total. The lowest BCUT2D eigenvalue weighted by atomic mass is 10.2. The van der Waals surface area contributed by atoms with Gasteiger partial charge in [-0.3, -0.25) is 4.90 Å². The van der Waals surface area contributed by atoms with Crippen LogP contribution in [0.5, 0.6) is 0 Å². The molecule has 21 heavy (non-hydrogen) atoms. The third-order valence-electron chi connectivity index (χ3n) is 4.45. The zero-order valence-electron chi connectivity index (χ0n) is 12.7. The second-order valence-corrected chi connectivity index (χ2v) is 6.02. The van der Waals surface area contributed by atoms with Crippen LogP contribution in [0.3, 0.4) is 0 Å². The van der Waals surface area contributed by atoms with Crippen molar-refractivity contribution in [2.45, 2.75) is 45.3 Å². The Morgan fingerprint density at radius 2 is 2.24 bits per heavy atom. The summed E-state index contributed by atoms with van der Waals surface area (Å²) in [5, 5.41) is 9.07. The Bertz CT molecular complexity index is 688. The van der Waals surface area contributed by atoms with E-state index in [0.29, 0.717) is 6.04 Å². The van der Waals surface area contributed by atoms with Gasteiger partial charge in [0.2, 0.25) is 0 Å². The summed E-state index contributed by atoms with van der Waals surface area (Å²) in [6, 6.07) is 6.33. The van der Waals surface area contributed by atoms with Crippen LogP contribution in [0.1, 0.15) is 35.9 Å². The summed E-state index contributed by atoms with van der Waals surface area (Å²) in [4.78, 5) is 18.0. The Labute approximate surface area is 124 Å². The Kier molecular flexibility index (Phi) is 3.45. The van der Waals surface area contributed by atoms with E-state index in [2.05, 4.69) is 28.4 Å². The van der Waals surface area contributed by atoms with Crippen molar-refractivity contribution >= 4 is 17.0 Å². The van der Waals surface area contributed by atoms with Gasteiger partial charge in [0.05, 0.1) is 16.6 Å². The number of fused-ring (bicyclic) bond motifs is 1. The van der Waals surface area contributed by atoms with Gasteiger partial charge in [-0.1, -0.05) is 0 Å². The number of hydrogen-bond donors (Lipinski definition) is 1. The number of carboxylic acids is 1. The molecule has 1 aliphatic carbocycles. The highest BCUT2D eigenvalue weighted by molar-refractivity contribution is 5.92. The van der Waals surface area contributed by atoms with Crippen molar-refractivity contribution in [2.75, 3.05) is 7.05 Å². The van der Waals surface area contributed by atoms with E-state index in [9.17, 15) is 4.79 Å². The van der Waals surface area contributed by atoms with Crippen molar-refractivity contribution in [1.29, 1.82) is 0 Å². The Balaban J connectivity index is 1.90. The minimum absolute atomic E-state index is 0.287. The number of rotatable bonds is 5. The second kappa shape index (κ2) is 5.15. The number of aromatic carboxylic acids is 1. The molecule has 3 rings (SSSR count). The summed E-state index contributed by atoms with van der Waals surface area (Å²) in [5.41, 5.74) is 2.05. The zero-order chi connectivity index (χ0) is 15.1. The van der Waals surface area contributed by atoms with Crippen LogP contribution in [0.4, 0.5) is 0 Å². The summed E-state index contributed by atoms with van der Waals surface area (Å²) >= 11 is 0. The highest BCUT2D eigenvalue weighted by Gasteiger charge is 2.29. The molecular weight excluding hydrogens is 266 g/mol. The minimum atomic E-state index is -0.911. The van der Waals surface area contributed by atoms with Crippen molar-refractivity contribution in [3.8, 4) is 0 Å². The van der Waals surface area contributed by atoms with Gasteiger partial charge < -0.3 is 9.67 Å². The molecule has 0 bridgehead atoms. The van der Waals surface area contributed by atoms with Gasteiger partial charge in [0.1, 0.15) is 5.82 Å². The monoisotopic (exact) mass is 287 g/mol. The lowest BCUT2D eigenvalue weighted by molar-refractivity contribution is 0.0697. The van der Waals surface area contributed by atoms with Crippen LogP contribution in [0.2, 0.25) is 0 Å². The molecule has 5 heteroatoms. The van der Waals surface area contributed by atoms with E-state index < -0.39 is 5.97 Å². The van der Waals surface area contributed by atoms with E-state index in [-0.39, 0.29) is 5.56 Å². The molecule has 1 aliphatic rings. The molecule has 1 saturated carbocycles. The fraction of sp³-hybridized carbons (Fsp3) is 0.500. The van der Waals surface area contributed by atoms with Crippen LogP contribution < -0.4 is 0 Å². The summed E-state index contributed by atoms with van der Waals surface area (Å²) < 4.78 is 2.19. The van der Waals surface area contributed by atoms with Gasteiger partial charge in [-0.15, -0.1) is 0 Å². The van der Waals surface area contributed by atoms with Gasteiger partial charge in [0.25, 0.3) is 0 Å². The molecule has 1 unspecified atom stereocenters. The maximum atomic E-state index is 11.0. The molecule has 0 radical (unpaired) electrons. The van der Waals surface area contributed by atoms with Crippen molar-refractivity contribution in [2.24, 2.45) is 0 Å². The molecule has 1 atom stereocenters. The number of hydrogen-bond acceptors (Lipinski definition) is 3. The van der Waals surface area contributed by atoms with Gasteiger partial charge in [-0.25, -0.2) is 9.78 Å². The van der Waals surface area contributed by atoms with Gasteiger partial charge in [0, 0.05) is 18.6 Å². The Hall–Kier alpha value is -1.88. The van der Waals surface area contributed by atoms with Crippen molar-refractivity contribution in [1.82, 2.24) is 14.5 Å². The smallest absolute Gasteiger partial charge is 0.335 e. The van der Waals surface area contributed by atoms with E-state index >= 15 is 0 Å². The fourth-order valence-corrected chi connectivity index (χ4v) is 2.85. The number of benzene rings is 1. The summed E-state index contributed by atoms with van der Waals surface area (Å²) in [7, 11) is 2.18. The van der Waals surface area contributed by atoms with Crippen LogP contribution in [0, 0.1) is 6.92 Å². The Morgan fingerprint density at radius 3 is 2.86 bits per heavy atom. The maximum absolute atomic E-state index is 11.0. The molecule has 0 aliphatic heterocycles. The van der Waals surface area contributed by atoms with Crippen molar-refractivity contribution in [3.05, 3.63) is 29.6 Å². The van der Waals surface area contributed by atoms with E-state index in [0.717, 1.165) is 29.4 Å².